The van der Waals surface area contributed by atoms with Gasteiger partial charge in [0.1, 0.15) is 0 Å². The fourth-order valence-electron chi connectivity index (χ4n) is 3.12. The summed E-state index contributed by atoms with van der Waals surface area (Å²) in [5.41, 5.74) is 0. The molecule has 1 atom stereocenters. The van der Waals surface area contributed by atoms with Crippen LogP contribution in [0.15, 0.2) is 4.52 Å². The minimum Gasteiger partial charge on any atom is -0.339 e. The second-order valence-corrected chi connectivity index (χ2v) is 6.08. The Morgan fingerprint density at radius 2 is 2.00 bits per heavy atom. The Bertz CT molecular complexity index is 403. The summed E-state index contributed by atoms with van der Waals surface area (Å²) in [5, 5.41) is 7.57. The van der Waals surface area contributed by atoms with Gasteiger partial charge in [-0.25, -0.2) is 0 Å². The van der Waals surface area contributed by atoms with E-state index in [1.165, 1.54) is 0 Å². The van der Waals surface area contributed by atoms with E-state index in [1.807, 2.05) is 0 Å². The average Bonchev–Trinajstić information content (AvgIpc) is 3.10. The molecule has 5 heteroatoms. The van der Waals surface area contributed by atoms with Crippen molar-refractivity contribution in [3.8, 4) is 0 Å². The Morgan fingerprint density at radius 3 is 2.63 bits per heavy atom. The molecule has 0 saturated carbocycles. The van der Waals surface area contributed by atoms with Crippen molar-refractivity contribution < 1.29 is 4.52 Å². The fraction of sp³-hybridized carbons (Fsp3) is 0.857. The van der Waals surface area contributed by atoms with Gasteiger partial charge < -0.3 is 14.7 Å². The number of aromatic nitrogens is 2. The molecule has 1 aromatic rings. The summed E-state index contributed by atoms with van der Waals surface area (Å²) in [5.74, 6) is 2.69. The highest BCUT2D eigenvalue weighted by molar-refractivity contribution is 5.03. The van der Waals surface area contributed by atoms with Gasteiger partial charge in [-0.2, -0.15) is 4.98 Å². The quantitative estimate of drug-likeness (QED) is 0.901. The molecule has 0 bridgehead atoms. The molecular weight excluding hydrogens is 240 g/mol. The van der Waals surface area contributed by atoms with Crippen LogP contribution in [-0.2, 0) is 0 Å². The van der Waals surface area contributed by atoms with E-state index in [9.17, 15) is 0 Å². The number of hydrogen-bond donors (Lipinski definition) is 1. The van der Waals surface area contributed by atoms with E-state index >= 15 is 0 Å². The standard InChI is InChI=1S/C14H24N4O/c1-10(2)18-7-4-11(5-8-18)13-16-14(19-17-13)12-3-6-15-9-12/h10-12,15H,3-9H2,1-2H3. The monoisotopic (exact) mass is 264 g/mol. The topological polar surface area (TPSA) is 54.2 Å². The lowest BCUT2D eigenvalue weighted by atomic mass is 9.95. The van der Waals surface area contributed by atoms with Crippen molar-refractivity contribution in [3.63, 3.8) is 0 Å². The Morgan fingerprint density at radius 1 is 1.21 bits per heavy atom. The zero-order valence-corrected chi connectivity index (χ0v) is 11.9. The first-order valence-corrected chi connectivity index (χ1v) is 7.52. The van der Waals surface area contributed by atoms with E-state index in [0.29, 0.717) is 17.9 Å². The van der Waals surface area contributed by atoms with Crippen LogP contribution in [0.1, 0.15) is 56.7 Å². The van der Waals surface area contributed by atoms with Gasteiger partial charge in [0.25, 0.3) is 0 Å². The van der Waals surface area contributed by atoms with Crippen LogP contribution in [0.3, 0.4) is 0 Å². The van der Waals surface area contributed by atoms with E-state index in [2.05, 4.69) is 34.2 Å². The second-order valence-electron chi connectivity index (χ2n) is 6.08. The maximum Gasteiger partial charge on any atom is 0.231 e. The molecule has 3 rings (SSSR count). The number of nitrogens with zero attached hydrogens (tertiary/aromatic N) is 3. The summed E-state index contributed by atoms with van der Waals surface area (Å²) in [4.78, 5) is 7.18. The van der Waals surface area contributed by atoms with E-state index in [4.69, 9.17) is 4.52 Å². The molecule has 1 unspecified atom stereocenters. The average molecular weight is 264 g/mol. The lowest BCUT2D eigenvalue weighted by Crippen LogP contribution is -2.38. The maximum atomic E-state index is 5.46. The number of nitrogens with one attached hydrogen (secondary N) is 1. The van der Waals surface area contributed by atoms with Gasteiger partial charge in [0.05, 0.1) is 5.92 Å². The van der Waals surface area contributed by atoms with Crippen molar-refractivity contribution in [1.29, 1.82) is 0 Å². The zero-order valence-electron chi connectivity index (χ0n) is 11.9. The Hall–Kier alpha value is -0.940. The number of rotatable bonds is 3. The molecule has 0 aliphatic carbocycles. The number of hydrogen-bond acceptors (Lipinski definition) is 5. The molecule has 106 valence electrons. The van der Waals surface area contributed by atoms with Crippen molar-refractivity contribution in [1.82, 2.24) is 20.4 Å². The van der Waals surface area contributed by atoms with Gasteiger partial charge >= 0.3 is 0 Å². The van der Waals surface area contributed by atoms with Crippen molar-refractivity contribution in [2.24, 2.45) is 0 Å². The molecule has 2 aliphatic rings. The van der Waals surface area contributed by atoms with Crippen LogP contribution in [0.25, 0.3) is 0 Å². The molecule has 3 heterocycles. The maximum absolute atomic E-state index is 5.46. The molecule has 0 amide bonds. The Balaban J connectivity index is 1.61. The third-order valence-electron chi connectivity index (χ3n) is 4.49. The van der Waals surface area contributed by atoms with Crippen LogP contribution < -0.4 is 5.32 Å². The molecule has 2 saturated heterocycles. The highest BCUT2D eigenvalue weighted by Crippen LogP contribution is 2.28. The summed E-state index contributed by atoms with van der Waals surface area (Å²) in [6.07, 6.45) is 3.42. The summed E-state index contributed by atoms with van der Waals surface area (Å²) in [7, 11) is 0. The highest BCUT2D eigenvalue weighted by Gasteiger charge is 2.28. The Kier molecular flexibility index (Phi) is 3.84. The van der Waals surface area contributed by atoms with Gasteiger partial charge in [-0.05, 0) is 52.7 Å². The van der Waals surface area contributed by atoms with E-state index in [0.717, 1.165) is 57.2 Å². The van der Waals surface area contributed by atoms with Crippen molar-refractivity contribution in [2.75, 3.05) is 26.2 Å². The highest BCUT2D eigenvalue weighted by atomic mass is 16.5. The first kappa shape index (κ1) is 13.1. The summed E-state index contributed by atoms with van der Waals surface area (Å²) < 4.78 is 5.46. The van der Waals surface area contributed by atoms with Gasteiger partial charge in [-0.1, -0.05) is 5.16 Å². The molecular formula is C14H24N4O. The van der Waals surface area contributed by atoms with Gasteiger partial charge in [0.15, 0.2) is 5.82 Å². The molecule has 0 aromatic carbocycles. The third-order valence-corrected chi connectivity index (χ3v) is 4.49. The van der Waals surface area contributed by atoms with E-state index in [-0.39, 0.29) is 0 Å². The first-order valence-electron chi connectivity index (χ1n) is 7.52. The largest absolute Gasteiger partial charge is 0.339 e. The third kappa shape index (κ3) is 2.82. The van der Waals surface area contributed by atoms with E-state index < -0.39 is 0 Å². The van der Waals surface area contributed by atoms with Gasteiger partial charge in [0.2, 0.25) is 5.89 Å². The fourth-order valence-corrected chi connectivity index (χ4v) is 3.12. The molecule has 0 spiro atoms. The lowest BCUT2D eigenvalue weighted by molar-refractivity contribution is 0.168. The van der Waals surface area contributed by atoms with Crippen molar-refractivity contribution in [2.45, 2.75) is 51.0 Å². The van der Waals surface area contributed by atoms with Gasteiger partial charge in [-0.3, -0.25) is 0 Å². The molecule has 2 fully saturated rings. The van der Waals surface area contributed by atoms with Crippen LogP contribution in [0.2, 0.25) is 0 Å². The minimum absolute atomic E-state index is 0.428. The SMILES string of the molecule is CC(C)N1CCC(c2noc(C3CCNC3)n2)CC1. The predicted molar refractivity (Wildman–Crippen MR) is 73.2 cm³/mol. The summed E-state index contributed by atoms with van der Waals surface area (Å²) >= 11 is 0. The molecule has 19 heavy (non-hydrogen) atoms. The van der Waals surface area contributed by atoms with Crippen LogP contribution in [-0.4, -0.2) is 47.3 Å². The zero-order chi connectivity index (χ0) is 13.2. The van der Waals surface area contributed by atoms with Crippen LogP contribution in [0, 0.1) is 0 Å². The molecule has 1 N–H and O–H groups in total. The predicted octanol–water partition coefficient (Wildman–Crippen LogP) is 1.73. The number of piperidine rings is 1. The molecule has 1 aromatic heterocycles. The smallest absolute Gasteiger partial charge is 0.231 e. The van der Waals surface area contributed by atoms with Gasteiger partial charge in [-0.15, -0.1) is 0 Å². The van der Waals surface area contributed by atoms with Crippen LogP contribution in [0.5, 0.6) is 0 Å². The molecule has 0 radical (unpaired) electrons. The van der Waals surface area contributed by atoms with Crippen molar-refractivity contribution >= 4 is 0 Å². The van der Waals surface area contributed by atoms with Crippen LogP contribution >= 0.6 is 0 Å². The summed E-state index contributed by atoms with van der Waals surface area (Å²) in [6, 6.07) is 0.645. The van der Waals surface area contributed by atoms with Crippen LogP contribution in [0.4, 0.5) is 0 Å². The molecule has 2 aliphatic heterocycles. The Labute approximate surface area is 114 Å². The normalized spacial score (nSPS) is 26.4. The van der Waals surface area contributed by atoms with E-state index in [1.54, 1.807) is 0 Å². The second kappa shape index (κ2) is 5.59. The van der Waals surface area contributed by atoms with Crippen molar-refractivity contribution in [3.05, 3.63) is 11.7 Å². The van der Waals surface area contributed by atoms with Gasteiger partial charge in [0, 0.05) is 18.5 Å². The molecule has 5 nitrogen and oxygen atoms in total. The minimum atomic E-state index is 0.428. The summed E-state index contributed by atoms with van der Waals surface area (Å²) in [6.45, 7) is 8.87. The first-order chi connectivity index (χ1) is 9.24. The lowest BCUT2D eigenvalue weighted by Gasteiger charge is -2.33. The number of likely N-dealkylation sites (tertiary alicyclic amines) is 1.